The summed E-state index contributed by atoms with van der Waals surface area (Å²) >= 11 is 0. The minimum atomic E-state index is -1.23. The Bertz CT molecular complexity index is 665. The molecule has 104 valence electrons. The largest absolute Gasteiger partial charge is 0.480 e. The molecule has 0 saturated carbocycles. The van der Waals surface area contributed by atoms with Crippen LogP contribution in [0.4, 0.5) is 5.69 Å². The highest BCUT2D eigenvalue weighted by atomic mass is 16.6. The van der Waals surface area contributed by atoms with E-state index in [2.05, 4.69) is 5.10 Å². The molecule has 0 saturated heterocycles. The maximum absolute atomic E-state index is 10.9. The number of hydrogen-bond donors (Lipinski definition) is 1. The number of aryl methyl sites for hydroxylation is 1. The fourth-order valence-electron chi connectivity index (χ4n) is 1.61. The summed E-state index contributed by atoms with van der Waals surface area (Å²) in [4.78, 5) is 21.0. The maximum atomic E-state index is 10.9. The SMILES string of the molecule is Cn1ccc(COc2ccc(C(=O)O)cc2[N+](=O)[O-])n1. The van der Waals surface area contributed by atoms with Crippen molar-refractivity contribution in [3.8, 4) is 5.75 Å². The normalized spacial score (nSPS) is 10.2. The van der Waals surface area contributed by atoms with Gasteiger partial charge >= 0.3 is 11.7 Å². The van der Waals surface area contributed by atoms with Gasteiger partial charge in [0.25, 0.3) is 0 Å². The summed E-state index contributed by atoms with van der Waals surface area (Å²) in [7, 11) is 1.74. The molecule has 0 radical (unpaired) electrons. The number of aromatic carboxylic acids is 1. The number of ether oxygens (including phenoxy) is 1. The first-order valence-electron chi connectivity index (χ1n) is 5.60. The number of carboxylic acid groups (broad SMARTS) is 1. The first-order valence-corrected chi connectivity index (χ1v) is 5.60. The van der Waals surface area contributed by atoms with Crippen molar-refractivity contribution >= 4 is 11.7 Å². The summed E-state index contributed by atoms with van der Waals surface area (Å²) in [6.45, 7) is 0.0636. The zero-order chi connectivity index (χ0) is 14.7. The van der Waals surface area contributed by atoms with Gasteiger partial charge in [-0.15, -0.1) is 0 Å². The molecule has 1 heterocycles. The second-order valence-electron chi connectivity index (χ2n) is 4.01. The number of nitrogens with zero attached hydrogens (tertiary/aromatic N) is 3. The van der Waals surface area contributed by atoms with Crippen molar-refractivity contribution in [2.75, 3.05) is 0 Å². The number of carboxylic acids is 1. The molecule has 20 heavy (non-hydrogen) atoms. The average Bonchev–Trinajstić information content (AvgIpc) is 2.81. The molecule has 0 bridgehead atoms. The van der Waals surface area contributed by atoms with Crippen molar-refractivity contribution < 1.29 is 19.6 Å². The third-order valence-electron chi connectivity index (χ3n) is 2.55. The summed E-state index contributed by atoms with van der Waals surface area (Å²) in [5, 5.41) is 23.8. The van der Waals surface area contributed by atoms with Crippen molar-refractivity contribution in [2.45, 2.75) is 6.61 Å². The second kappa shape index (κ2) is 5.39. The molecule has 0 aliphatic rings. The number of carbonyl (C=O) groups is 1. The Morgan fingerprint density at radius 1 is 1.50 bits per heavy atom. The van der Waals surface area contributed by atoms with E-state index in [1.165, 1.54) is 12.1 Å². The predicted octanol–water partition coefficient (Wildman–Crippen LogP) is 1.61. The fraction of sp³-hybridized carbons (Fsp3) is 0.167. The van der Waals surface area contributed by atoms with E-state index in [1.54, 1.807) is 24.0 Å². The molecule has 0 atom stereocenters. The quantitative estimate of drug-likeness (QED) is 0.657. The minimum Gasteiger partial charge on any atom is -0.480 e. The van der Waals surface area contributed by atoms with Gasteiger partial charge in [0.05, 0.1) is 16.2 Å². The Hall–Kier alpha value is -2.90. The van der Waals surface area contributed by atoms with Crippen molar-refractivity contribution in [3.05, 3.63) is 51.8 Å². The van der Waals surface area contributed by atoms with E-state index in [1.807, 2.05) is 0 Å². The third kappa shape index (κ3) is 2.91. The van der Waals surface area contributed by atoms with Crippen LogP contribution in [0.15, 0.2) is 30.5 Å². The molecule has 0 fully saturated rings. The number of nitro groups is 1. The number of benzene rings is 1. The van der Waals surface area contributed by atoms with Crippen LogP contribution in [0.2, 0.25) is 0 Å². The lowest BCUT2D eigenvalue weighted by Gasteiger charge is -2.05. The number of hydrogen-bond acceptors (Lipinski definition) is 5. The fourth-order valence-corrected chi connectivity index (χ4v) is 1.61. The zero-order valence-electron chi connectivity index (χ0n) is 10.5. The van der Waals surface area contributed by atoms with Crippen LogP contribution < -0.4 is 4.74 Å². The van der Waals surface area contributed by atoms with E-state index in [0.29, 0.717) is 5.69 Å². The molecule has 0 spiro atoms. The highest BCUT2D eigenvalue weighted by Gasteiger charge is 2.18. The monoisotopic (exact) mass is 277 g/mol. The van der Waals surface area contributed by atoms with Gasteiger partial charge in [-0.05, 0) is 18.2 Å². The molecule has 2 aromatic rings. The van der Waals surface area contributed by atoms with Gasteiger partial charge in [0, 0.05) is 19.3 Å². The van der Waals surface area contributed by atoms with E-state index in [9.17, 15) is 14.9 Å². The summed E-state index contributed by atoms with van der Waals surface area (Å²) in [5.74, 6) is -1.23. The molecule has 0 aliphatic heterocycles. The Balaban J connectivity index is 2.22. The summed E-state index contributed by atoms with van der Waals surface area (Å²) in [5.41, 5.74) is 0.0619. The third-order valence-corrected chi connectivity index (χ3v) is 2.55. The van der Waals surface area contributed by atoms with Crippen LogP contribution in [-0.4, -0.2) is 25.8 Å². The number of rotatable bonds is 5. The van der Waals surface area contributed by atoms with E-state index < -0.39 is 10.9 Å². The highest BCUT2D eigenvalue weighted by Crippen LogP contribution is 2.28. The number of nitro benzene ring substituents is 1. The van der Waals surface area contributed by atoms with E-state index in [-0.39, 0.29) is 23.6 Å². The van der Waals surface area contributed by atoms with Crippen LogP contribution in [0.5, 0.6) is 5.75 Å². The Morgan fingerprint density at radius 2 is 2.25 bits per heavy atom. The zero-order valence-corrected chi connectivity index (χ0v) is 10.5. The topological polar surface area (TPSA) is 107 Å². The smallest absolute Gasteiger partial charge is 0.335 e. The van der Waals surface area contributed by atoms with Crippen molar-refractivity contribution in [3.63, 3.8) is 0 Å². The van der Waals surface area contributed by atoms with Crippen molar-refractivity contribution in [1.29, 1.82) is 0 Å². The van der Waals surface area contributed by atoms with E-state index in [4.69, 9.17) is 9.84 Å². The molecule has 8 nitrogen and oxygen atoms in total. The lowest BCUT2D eigenvalue weighted by Crippen LogP contribution is -2.03. The van der Waals surface area contributed by atoms with Crippen LogP contribution in [0.1, 0.15) is 16.1 Å². The first-order chi connectivity index (χ1) is 9.47. The highest BCUT2D eigenvalue weighted by molar-refractivity contribution is 5.88. The van der Waals surface area contributed by atoms with Crippen LogP contribution in [0, 0.1) is 10.1 Å². The summed E-state index contributed by atoms with van der Waals surface area (Å²) in [6.07, 6.45) is 1.72. The summed E-state index contributed by atoms with van der Waals surface area (Å²) < 4.78 is 6.91. The second-order valence-corrected chi connectivity index (χ2v) is 4.01. The van der Waals surface area contributed by atoms with Crippen molar-refractivity contribution in [2.24, 2.45) is 7.05 Å². The maximum Gasteiger partial charge on any atom is 0.335 e. The molecule has 8 heteroatoms. The van der Waals surface area contributed by atoms with Gasteiger partial charge in [-0.3, -0.25) is 14.8 Å². The molecule has 0 amide bonds. The minimum absolute atomic E-state index is 0.00523. The van der Waals surface area contributed by atoms with Gasteiger partial charge < -0.3 is 9.84 Å². The lowest BCUT2D eigenvalue weighted by molar-refractivity contribution is -0.386. The predicted molar refractivity (Wildman–Crippen MR) is 67.6 cm³/mol. The van der Waals surface area contributed by atoms with Crippen LogP contribution in [0.25, 0.3) is 0 Å². The van der Waals surface area contributed by atoms with Gasteiger partial charge in [-0.25, -0.2) is 4.79 Å². The lowest BCUT2D eigenvalue weighted by atomic mass is 10.2. The van der Waals surface area contributed by atoms with Gasteiger partial charge in [0.1, 0.15) is 6.61 Å². The molecule has 1 N–H and O–H groups in total. The van der Waals surface area contributed by atoms with Crippen molar-refractivity contribution in [1.82, 2.24) is 9.78 Å². The van der Waals surface area contributed by atoms with Gasteiger partial charge in [0.2, 0.25) is 0 Å². The Morgan fingerprint density at radius 3 is 2.80 bits per heavy atom. The van der Waals surface area contributed by atoms with E-state index >= 15 is 0 Å². The summed E-state index contributed by atoms with van der Waals surface area (Å²) in [6, 6.07) is 5.21. The van der Waals surface area contributed by atoms with Crippen LogP contribution >= 0.6 is 0 Å². The molecule has 1 aromatic carbocycles. The molecular formula is C12H11N3O5. The Kier molecular flexibility index (Phi) is 3.65. The van der Waals surface area contributed by atoms with E-state index in [0.717, 1.165) is 6.07 Å². The Labute approximate surface area is 113 Å². The molecule has 1 aromatic heterocycles. The van der Waals surface area contributed by atoms with Crippen LogP contribution in [0.3, 0.4) is 0 Å². The number of aromatic nitrogens is 2. The average molecular weight is 277 g/mol. The van der Waals surface area contributed by atoms with Crippen LogP contribution in [-0.2, 0) is 13.7 Å². The molecule has 0 unspecified atom stereocenters. The van der Waals surface area contributed by atoms with Gasteiger partial charge in [-0.2, -0.15) is 5.10 Å². The molecule has 0 aliphatic carbocycles. The first kappa shape index (κ1) is 13.5. The molecule has 2 rings (SSSR count). The van der Waals surface area contributed by atoms with Gasteiger partial charge in [0.15, 0.2) is 5.75 Å². The van der Waals surface area contributed by atoms with Gasteiger partial charge in [-0.1, -0.05) is 0 Å². The standard InChI is InChI=1S/C12H11N3O5/c1-14-5-4-9(13-14)7-20-11-3-2-8(12(16)17)6-10(11)15(18)19/h2-6H,7H2,1H3,(H,16,17). The molecular weight excluding hydrogens is 266 g/mol.